The van der Waals surface area contributed by atoms with Crippen LogP contribution < -0.4 is 0 Å². The van der Waals surface area contributed by atoms with Crippen LogP contribution in [0.1, 0.15) is 49.9 Å². The molecule has 9 nitrogen and oxygen atoms in total. The van der Waals surface area contributed by atoms with E-state index < -0.39 is 17.1 Å². The van der Waals surface area contributed by atoms with E-state index >= 15 is 0 Å². The Morgan fingerprint density at radius 2 is 1.97 bits per heavy atom. The molecule has 200 valence electrons. The minimum atomic E-state index is -1.87. The predicted octanol–water partition coefficient (Wildman–Crippen LogP) is 4.38. The fraction of sp³-hybridized carbons (Fsp3) is 0.400. The van der Waals surface area contributed by atoms with Crippen molar-refractivity contribution in [1.29, 1.82) is 5.26 Å². The highest BCUT2D eigenvalue weighted by Gasteiger charge is 2.59. The molecular weight excluding hydrogens is 492 g/mol. The summed E-state index contributed by atoms with van der Waals surface area (Å²) >= 11 is 0. The molecule has 2 aliphatic heterocycles. The number of carbonyl (C=O) groups excluding carboxylic acids is 1. The maximum atomic E-state index is 13.3. The Hall–Kier alpha value is -4.16. The Labute approximate surface area is 227 Å². The van der Waals surface area contributed by atoms with Crippen LogP contribution in [0.3, 0.4) is 0 Å². The van der Waals surface area contributed by atoms with Crippen LogP contribution in [0.5, 0.6) is 0 Å². The Bertz CT molecular complexity index is 1570. The highest BCUT2D eigenvalue weighted by molar-refractivity contribution is 5.89. The van der Waals surface area contributed by atoms with E-state index in [-0.39, 0.29) is 12.5 Å². The maximum absolute atomic E-state index is 13.3. The molecule has 0 spiro atoms. The Kier molecular flexibility index (Phi) is 6.15. The highest BCUT2D eigenvalue weighted by atomic mass is 16.5. The number of benzene rings is 2. The van der Waals surface area contributed by atoms with E-state index in [1.807, 2.05) is 70.4 Å². The minimum Gasteiger partial charge on any atom is -0.465 e. The molecular formula is C30H32N6O3. The van der Waals surface area contributed by atoms with Gasteiger partial charge in [0, 0.05) is 41.6 Å². The number of para-hydroxylation sites is 1. The molecule has 0 unspecified atom stereocenters. The molecule has 6 rings (SSSR count). The number of carbonyl (C=O) groups is 1. The first-order valence-corrected chi connectivity index (χ1v) is 13.5. The van der Waals surface area contributed by atoms with Gasteiger partial charge in [-0.3, -0.25) is 4.68 Å². The molecule has 4 heterocycles. The van der Waals surface area contributed by atoms with E-state index in [1.165, 1.54) is 7.11 Å². The van der Waals surface area contributed by atoms with Crippen molar-refractivity contribution < 1.29 is 14.6 Å². The standard InChI is InChI=1S/C30H32N6O3/c1-3-29-15-9-16-34(20-31)27(29)26-23(14-17-35-18-24(32-33-35)21-10-5-4-6-11-21)22-12-7-8-13-25(22)36(26)30(38,19-29)28(37)39-2/h4-8,10-13,18,27,38H,3,9,14-17,19H2,1-2H3/t27-,29+,30+/m1/s1. The fourth-order valence-electron chi connectivity index (χ4n) is 6.97. The summed E-state index contributed by atoms with van der Waals surface area (Å²) in [6, 6.07) is 17.5. The van der Waals surface area contributed by atoms with Crippen LogP contribution in [0.2, 0.25) is 0 Å². The molecule has 39 heavy (non-hydrogen) atoms. The summed E-state index contributed by atoms with van der Waals surface area (Å²) in [7, 11) is 1.31. The molecule has 0 saturated carbocycles. The molecule has 1 saturated heterocycles. The zero-order valence-corrected chi connectivity index (χ0v) is 22.2. The number of nitriles is 1. The number of hydrogen-bond acceptors (Lipinski definition) is 7. The molecule has 4 aromatic rings. The van der Waals surface area contributed by atoms with Crippen molar-refractivity contribution in [3.63, 3.8) is 0 Å². The molecule has 1 fully saturated rings. The van der Waals surface area contributed by atoms with Gasteiger partial charge in [0.25, 0.3) is 0 Å². The van der Waals surface area contributed by atoms with Crippen molar-refractivity contribution in [3.05, 3.63) is 72.1 Å². The lowest BCUT2D eigenvalue weighted by molar-refractivity contribution is -0.191. The number of methoxy groups -OCH3 is 1. The van der Waals surface area contributed by atoms with Gasteiger partial charge >= 0.3 is 5.97 Å². The molecule has 2 aromatic heterocycles. The van der Waals surface area contributed by atoms with Crippen LogP contribution in [0.25, 0.3) is 22.2 Å². The van der Waals surface area contributed by atoms with Gasteiger partial charge in [0.15, 0.2) is 6.19 Å². The van der Waals surface area contributed by atoms with Crippen LogP contribution in [0.4, 0.5) is 0 Å². The zero-order chi connectivity index (χ0) is 27.2. The summed E-state index contributed by atoms with van der Waals surface area (Å²) in [6.07, 6.45) is 7.52. The van der Waals surface area contributed by atoms with Gasteiger partial charge < -0.3 is 19.3 Å². The number of rotatable bonds is 6. The second kappa shape index (κ2) is 9.54. The van der Waals surface area contributed by atoms with Gasteiger partial charge in [-0.25, -0.2) is 4.79 Å². The lowest BCUT2D eigenvalue weighted by Crippen LogP contribution is -2.58. The molecule has 9 heteroatoms. The summed E-state index contributed by atoms with van der Waals surface area (Å²) < 4.78 is 8.78. The highest BCUT2D eigenvalue weighted by Crippen LogP contribution is 2.59. The van der Waals surface area contributed by atoms with E-state index in [9.17, 15) is 15.2 Å². The third-order valence-corrected chi connectivity index (χ3v) is 8.76. The van der Waals surface area contributed by atoms with Crippen LogP contribution >= 0.6 is 0 Å². The number of fused-ring (bicyclic) bond motifs is 5. The fourth-order valence-corrected chi connectivity index (χ4v) is 6.97. The third-order valence-electron chi connectivity index (χ3n) is 8.76. The van der Waals surface area contributed by atoms with Gasteiger partial charge in [0.2, 0.25) is 5.72 Å². The van der Waals surface area contributed by atoms with Crippen molar-refractivity contribution >= 4 is 16.9 Å². The Morgan fingerprint density at radius 3 is 2.72 bits per heavy atom. The predicted molar refractivity (Wildman–Crippen MR) is 145 cm³/mol. The molecule has 2 aromatic carbocycles. The number of nitrogens with zero attached hydrogens (tertiary/aromatic N) is 6. The van der Waals surface area contributed by atoms with Crippen molar-refractivity contribution in [2.24, 2.45) is 5.41 Å². The first-order chi connectivity index (χ1) is 19.0. The Morgan fingerprint density at radius 1 is 1.21 bits per heavy atom. The molecule has 1 N–H and O–H groups in total. The molecule has 3 atom stereocenters. The van der Waals surface area contributed by atoms with Crippen molar-refractivity contribution in [2.45, 2.75) is 57.3 Å². The number of aryl methyl sites for hydroxylation is 2. The first kappa shape index (κ1) is 25.1. The average molecular weight is 525 g/mol. The number of hydrogen-bond donors (Lipinski definition) is 1. The summed E-state index contributed by atoms with van der Waals surface area (Å²) in [5.74, 6) is -0.680. The summed E-state index contributed by atoms with van der Waals surface area (Å²) in [5, 5.41) is 32.1. The number of ether oxygens (including phenoxy) is 1. The van der Waals surface area contributed by atoms with Crippen LogP contribution in [0, 0.1) is 16.9 Å². The first-order valence-electron chi connectivity index (χ1n) is 13.5. The maximum Gasteiger partial charge on any atom is 0.359 e. The largest absolute Gasteiger partial charge is 0.465 e. The quantitative estimate of drug-likeness (QED) is 0.294. The lowest BCUT2D eigenvalue weighted by atomic mass is 9.63. The van der Waals surface area contributed by atoms with E-state index in [0.29, 0.717) is 19.5 Å². The number of likely N-dealkylation sites (tertiary alicyclic amines) is 1. The van der Waals surface area contributed by atoms with Gasteiger partial charge in [-0.1, -0.05) is 60.7 Å². The van der Waals surface area contributed by atoms with E-state index in [2.05, 4.69) is 23.4 Å². The van der Waals surface area contributed by atoms with E-state index in [4.69, 9.17) is 4.74 Å². The number of piperidine rings is 1. The molecule has 0 radical (unpaired) electrons. The van der Waals surface area contributed by atoms with Gasteiger partial charge in [-0.15, -0.1) is 5.10 Å². The Balaban J connectivity index is 1.51. The second-order valence-corrected chi connectivity index (χ2v) is 10.7. The number of aliphatic hydroxyl groups is 1. The average Bonchev–Trinajstić information content (AvgIpc) is 3.59. The van der Waals surface area contributed by atoms with Gasteiger partial charge in [0.1, 0.15) is 5.69 Å². The molecule has 0 aliphatic carbocycles. The number of esters is 1. The van der Waals surface area contributed by atoms with Crippen molar-refractivity contribution in [3.8, 4) is 17.5 Å². The molecule has 2 aliphatic rings. The van der Waals surface area contributed by atoms with Crippen LogP contribution in [-0.4, -0.2) is 49.2 Å². The monoisotopic (exact) mass is 524 g/mol. The van der Waals surface area contributed by atoms with Gasteiger partial charge in [-0.2, -0.15) is 5.26 Å². The topological polar surface area (TPSA) is 109 Å². The lowest BCUT2D eigenvalue weighted by Gasteiger charge is -2.55. The van der Waals surface area contributed by atoms with E-state index in [1.54, 1.807) is 4.57 Å². The zero-order valence-electron chi connectivity index (χ0n) is 22.2. The van der Waals surface area contributed by atoms with Crippen molar-refractivity contribution in [1.82, 2.24) is 24.5 Å². The van der Waals surface area contributed by atoms with Crippen molar-refractivity contribution in [2.75, 3.05) is 13.7 Å². The minimum absolute atomic E-state index is 0.195. The van der Waals surface area contributed by atoms with Crippen LogP contribution in [0.15, 0.2) is 60.8 Å². The smallest absolute Gasteiger partial charge is 0.359 e. The second-order valence-electron chi connectivity index (χ2n) is 10.7. The third kappa shape index (κ3) is 3.81. The van der Waals surface area contributed by atoms with E-state index in [0.717, 1.165) is 52.7 Å². The SMILES string of the molecule is CC[C@@]12CCCN(C#N)[C@@H]1c1c(CCn3cc(-c4ccccc4)nn3)c3ccccc3n1[C@@](O)(C(=O)OC)C2. The number of aromatic nitrogens is 4. The van der Waals surface area contributed by atoms with Gasteiger partial charge in [0.05, 0.1) is 24.9 Å². The summed E-state index contributed by atoms with van der Waals surface area (Å²) in [5.41, 5.74) is 2.05. The molecule has 0 bridgehead atoms. The molecule has 0 amide bonds. The summed E-state index contributed by atoms with van der Waals surface area (Å²) in [4.78, 5) is 15.2. The normalized spacial score (nSPS) is 24.2. The summed E-state index contributed by atoms with van der Waals surface area (Å²) in [6.45, 7) is 3.28. The van der Waals surface area contributed by atoms with Gasteiger partial charge in [-0.05, 0) is 37.3 Å². The van der Waals surface area contributed by atoms with Crippen LogP contribution in [-0.2, 0) is 28.2 Å².